The number of halogens is 1. The van der Waals surface area contributed by atoms with Crippen molar-refractivity contribution < 1.29 is 19.4 Å². The van der Waals surface area contributed by atoms with Gasteiger partial charge in [-0.1, -0.05) is 30.3 Å². The molecule has 0 spiro atoms. The second-order valence-electron chi connectivity index (χ2n) is 7.71. The van der Waals surface area contributed by atoms with Crippen LogP contribution in [0.2, 0.25) is 0 Å². The van der Waals surface area contributed by atoms with Gasteiger partial charge in [0.1, 0.15) is 17.6 Å². The third-order valence-electron chi connectivity index (χ3n) is 5.62. The van der Waals surface area contributed by atoms with Crippen LogP contribution in [0.15, 0.2) is 72.8 Å². The Morgan fingerprint density at radius 2 is 1.97 bits per heavy atom. The molecule has 1 aliphatic rings. The van der Waals surface area contributed by atoms with Crippen molar-refractivity contribution in [1.29, 1.82) is 0 Å². The summed E-state index contributed by atoms with van der Waals surface area (Å²) in [5.41, 5.74) is 2.98. The second-order valence-corrected chi connectivity index (χ2v) is 8.14. The summed E-state index contributed by atoms with van der Waals surface area (Å²) in [6.07, 6.45) is -0.219. The number of hydrogen-bond donors (Lipinski definition) is 1. The van der Waals surface area contributed by atoms with E-state index in [1.54, 1.807) is 29.7 Å². The van der Waals surface area contributed by atoms with Crippen molar-refractivity contribution >= 4 is 29.1 Å². The predicted octanol–water partition coefficient (Wildman–Crippen LogP) is 5.51. The minimum Gasteiger partial charge on any atom is -0.497 e. The number of ether oxygens (including phenoxy) is 2. The molecule has 0 saturated carbocycles. The zero-order valence-corrected chi connectivity index (χ0v) is 18.7. The van der Waals surface area contributed by atoms with Crippen LogP contribution in [0.1, 0.15) is 28.9 Å². The van der Waals surface area contributed by atoms with Crippen molar-refractivity contribution in [3.05, 3.63) is 83.9 Å². The number of carboxylic acid groups (broad SMARTS) is 1. The Kier molecular flexibility index (Phi) is 6.53. The van der Waals surface area contributed by atoms with Crippen molar-refractivity contribution in [2.75, 3.05) is 25.1 Å². The first-order valence-corrected chi connectivity index (χ1v) is 10.7. The Balaban J connectivity index is 1.57. The summed E-state index contributed by atoms with van der Waals surface area (Å²) in [5, 5.41) is 9.40. The summed E-state index contributed by atoms with van der Waals surface area (Å²) in [5.74, 6) is 0.569. The highest BCUT2D eigenvalue weighted by Crippen LogP contribution is 2.39. The Labute approximate surface area is 192 Å². The maximum atomic E-state index is 11.5. The summed E-state index contributed by atoms with van der Waals surface area (Å²) < 4.78 is 13.3. The molecule has 2 atom stereocenters. The number of aromatic carboxylic acids is 1. The van der Waals surface area contributed by atoms with Gasteiger partial charge < -0.3 is 19.5 Å². The molecule has 3 aromatic rings. The van der Waals surface area contributed by atoms with E-state index in [0.717, 1.165) is 28.4 Å². The maximum absolute atomic E-state index is 11.5. The number of benzene rings is 3. The number of anilines is 2. The van der Waals surface area contributed by atoms with E-state index in [0.29, 0.717) is 13.1 Å². The van der Waals surface area contributed by atoms with Gasteiger partial charge in [-0.2, -0.15) is 0 Å². The highest BCUT2D eigenvalue weighted by molar-refractivity contribution is 6.13. The Morgan fingerprint density at radius 3 is 2.75 bits per heavy atom. The predicted molar refractivity (Wildman–Crippen MR) is 125 cm³/mol. The van der Waals surface area contributed by atoms with Crippen LogP contribution in [0.5, 0.6) is 11.5 Å². The molecule has 6 nitrogen and oxygen atoms in total. The maximum Gasteiger partial charge on any atom is 0.335 e. The molecule has 1 aliphatic heterocycles. The zero-order valence-electron chi connectivity index (χ0n) is 17.9. The molecule has 0 bridgehead atoms. The molecule has 32 heavy (non-hydrogen) atoms. The number of hydrogen-bond acceptors (Lipinski definition) is 5. The second kappa shape index (κ2) is 9.51. The van der Waals surface area contributed by atoms with Crippen molar-refractivity contribution in [2.24, 2.45) is 0 Å². The Morgan fingerprint density at radius 1 is 1.19 bits per heavy atom. The fourth-order valence-corrected chi connectivity index (χ4v) is 4.13. The molecule has 0 fully saturated rings. The number of carboxylic acids is 1. The molecular weight excluding hydrogens is 428 g/mol. The molecule has 0 saturated heterocycles. The normalized spacial score (nSPS) is 16.2. The number of fused-ring (bicyclic) bond motifs is 1. The molecule has 0 aliphatic carbocycles. The van der Waals surface area contributed by atoms with Crippen LogP contribution in [0.3, 0.4) is 0 Å². The van der Waals surface area contributed by atoms with Gasteiger partial charge in [-0.15, -0.1) is 0 Å². The lowest BCUT2D eigenvalue weighted by Crippen LogP contribution is -2.43. The fourth-order valence-electron chi connectivity index (χ4n) is 3.86. The third-order valence-corrected chi connectivity index (χ3v) is 6.05. The van der Waals surface area contributed by atoms with Gasteiger partial charge in [0.25, 0.3) is 0 Å². The van der Waals surface area contributed by atoms with Crippen LogP contribution in [-0.4, -0.2) is 41.8 Å². The van der Waals surface area contributed by atoms with Crippen molar-refractivity contribution in [3.8, 4) is 11.5 Å². The molecule has 1 N–H and O–H groups in total. The van der Waals surface area contributed by atoms with Crippen LogP contribution in [-0.2, 0) is 0 Å². The highest BCUT2D eigenvalue weighted by Gasteiger charge is 2.29. The quantitative estimate of drug-likeness (QED) is 0.477. The van der Waals surface area contributed by atoms with Crippen LogP contribution in [0.25, 0.3) is 0 Å². The molecule has 166 valence electrons. The summed E-state index contributed by atoms with van der Waals surface area (Å²) in [7, 11) is 1.64. The largest absolute Gasteiger partial charge is 0.497 e. The number of methoxy groups -OCH3 is 1. The SMILES string of the molecule is COc1cccc([C@@H](C)N(Cl)CC2CN(c3cccc(C(=O)O)c3)c3ccccc3O2)c1. The van der Waals surface area contributed by atoms with E-state index >= 15 is 0 Å². The highest BCUT2D eigenvalue weighted by atomic mass is 35.5. The fraction of sp³-hybridized carbons (Fsp3) is 0.240. The monoisotopic (exact) mass is 452 g/mol. The van der Waals surface area contributed by atoms with E-state index in [-0.39, 0.29) is 17.7 Å². The molecule has 0 radical (unpaired) electrons. The van der Waals surface area contributed by atoms with Gasteiger partial charge in [-0.05, 0) is 66.7 Å². The number of rotatable bonds is 7. The zero-order chi connectivity index (χ0) is 22.7. The molecule has 7 heteroatoms. The molecule has 1 heterocycles. The van der Waals surface area contributed by atoms with Gasteiger partial charge in [-0.3, -0.25) is 0 Å². The van der Waals surface area contributed by atoms with Gasteiger partial charge in [0.2, 0.25) is 0 Å². The summed E-state index contributed by atoms with van der Waals surface area (Å²) in [4.78, 5) is 13.6. The van der Waals surface area contributed by atoms with Crippen LogP contribution >= 0.6 is 11.8 Å². The molecular formula is C25H25ClN2O4. The Bertz CT molecular complexity index is 1110. The number of carbonyl (C=O) groups is 1. The molecule has 1 unspecified atom stereocenters. The van der Waals surface area contributed by atoms with Crippen LogP contribution in [0.4, 0.5) is 11.4 Å². The average Bonchev–Trinajstić information content (AvgIpc) is 2.83. The number of nitrogens with zero attached hydrogens (tertiary/aromatic N) is 2. The van der Waals surface area contributed by atoms with Crippen molar-refractivity contribution in [1.82, 2.24) is 4.42 Å². The number of para-hydroxylation sites is 2. The summed E-state index contributed by atoms with van der Waals surface area (Å²) in [6.45, 7) is 3.05. The third kappa shape index (κ3) is 4.66. The Hall–Kier alpha value is -3.22. The smallest absolute Gasteiger partial charge is 0.335 e. The van der Waals surface area contributed by atoms with E-state index in [4.69, 9.17) is 21.3 Å². The molecule has 0 amide bonds. The van der Waals surface area contributed by atoms with Gasteiger partial charge in [-0.25, -0.2) is 9.21 Å². The van der Waals surface area contributed by atoms with E-state index < -0.39 is 5.97 Å². The van der Waals surface area contributed by atoms with Crippen LogP contribution in [0, 0.1) is 0 Å². The average molecular weight is 453 g/mol. The van der Waals surface area contributed by atoms with Gasteiger partial charge in [0.05, 0.1) is 31.5 Å². The lowest BCUT2D eigenvalue weighted by atomic mass is 10.1. The van der Waals surface area contributed by atoms with Crippen LogP contribution < -0.4 is 14.4 Å². The first-order chi connectivity index (χ1) is 15.5. The molecule has 4 rings (SSSR count). The molecule has 0 aromatic heterocycles. The molecule has 3 aromatic carbocycles. The van der Waals surface area contributed by atoms with Gasteiger partial charge >= 0.3 is 5.97 Å². The minimum atomic E-state index is -0.955. The summed E-state index contributed by atoms with van der Waals surface area (Å²) in [6, 6.07) is 22.5. The van der Waals surface area contributed by atoms with E-state index in [1.165, 1.54) is 0 Å². The van der Waals surface area contributed by atoms with E-state index in [2.05, 4.69) is 4.90 Å². The van der Waals surface area contributed by atoms with Crippen molar-refractivity contribution in [3.63, 3.8) is 0 Å². The lowest BCUT2D eigenvalue weighted by Gasteiger charge is -2.38. The first kappa shape index (κ1) is 22.0. The lowest BCUT2D eigenvalue weighted by molar-refractivity contribution is 0.0697. The standard InChI is InChI=1S/C25H25ClN2O4/c1-17(18-7-6-10-21(14-18)31-2)28(26)16-22-15-27(23-11-3-4-12-24(23)32-22)20-9-5-8-19(13-20)25(29)30/h3-14,17,22H,15-16H2,1-2H3,(H,29,30)/t17-,22?/m1/s1. The summed E-state index contributed by atoms with van der Waals surface area (Å²) >= 11 is 6.70. The first-order valence-electron chi connectivity index (χ1n) is 10.4. The van der Waals surface area contributed by atoms with Gasteiger partial charge in [0, 0.05) is 11.7 Å². The van der Waals surface area contributed by atoms with E-state index in [9.17, 15) is 9.90 Å². The minimum absolute atomic E-state index is 0.0590. The van der Waals surface area contributed by atoms with E-state index in [1.807, 2.05) is 61.5 Å². The topological polar surface area (TPSA) is 62.2 Å². The van der Waals surface area contributed by atoms with Crippen molar-refractivity contribution in [2.45, 2.75) is 19.1 Å². The van der Waals surface area contributed by atoms with Gasteiger partial charge in [0.15, 0.2) is 0 Å².